The van der Waals surface area contributed by atoms with Gasteiger partial charge in [0.2, 0.25) is 0 Å². The van der Waals surface area contributed by atoms with Gasteiger partial charge in [-0.05, 0) is 30.9 Å². The van der Waals surface area contributed by atoms with E-state index in [1.807, 2.05) is 0 Å². The average molecular weight is 169 g/mol. The number of benzene rings is 1. The number of alkyl halides is 1. The van der Waals surface area contributed by atoms with E-state index in [0.717, 1.165) is 18.7 Å². The van der Waals surface area contributed by atoms with Gasteiger partial charge in [-0.2, -0.15) is 0 Å². The Balaban J connectivity index is 2.62. The molecule has 0 saturated carbocycles. The van der Waals surface area contributed by atoms with E-state index in [1.54, 1.807) is 0 Å². The SMILES string of the molecule is Cc1ccccc1CCCCl. The molecule has 0 spiro atoms. The number of hydrogen-bond donors (Lipinski definition) is 0. The van der Waals surface area contributed by atoms with Crippen molar-refractivity contribution in [1.82, 2.24) is 0 Å². The second kappa shape index (κ2) is 4.40. The third-order valence-electron chi connectivity index (χ3n) is 1.84. The molecule has 60 valence electrons. The molecular weight excluding hydrogens is 156 g/mol. The molecule has 0 radical (unpaired) electrons. The van der Waals surface area contributed by atoms with Crippen molar-refractivity contribution in [2.45, 2.75) is 19.8 Å². The van der Waals surface area contributed by atoms with Crippen LogP contribution in [0.1, 0.15) is 17.5 Å². The molecule has 1 aromatic rings. The quantitative estimate of drug-likeness (QED) is 0.609. The Morgan fingerprint density at radius 1 is 1.27 bits per heavy atom. The molecule has 0 nitrogen and oxygen atoms in total. The van der Waals surface area contributed by atoms with Gasteiger partial charge in [-0.15, -0.1) is 11.6 Å². The van der Waals surface area contributed by atoms with Gasteiger partial charge in [0.05, 0.1) is 0 Å². The molecule has 0 aliphatic heterocycles. The Kier molecular flexibility index (Phi) is 3.44. The van der Waals surface area contributed by atoms with Crippen molar-refractivity contribution in [3.8, 4) is 0 Å². The standard InChI is InChI=1S/C10H13Cl/c1-9-5-2-3-6-10(9)7-4-8-11/h2-3,5-6H,4,7-8H2,1H3. The third-order valence-corrected chi connectivity index (χ3v) is 2.11. The van der Waals surface area contributed by atoms with Gasteiger partial charge < -0.3 is 0 Å². The second-order valence-electron chi connectivity index (χ2n) is 2.72. The molecule has 0 bridgehead atoms. The van der Waals surface area contributed by atoms with Crippen molar-refractivity contribution < 1.29 is 0 Å². The lowest BCUT2D eigenvalue weighted by Crippen LogP contribution is -1.89. The van der Waals surface area contributed by atoms with E-state index < -0.39 is 0 Å². The smallest absolute Gasteiger partial charge is 0.0226 e. The molecule has 0 atom stereocenters. The van der Waals surface area contributed by atoms with Gasteiger partial charge in [-0.25, -0.2) is 0 Å². The summed E-state index contributed by atoms with van der Waals surface area (Å²) in [7, 11) is 0. The first-order chi connectivity index (χ1) is 5.34. The van der Waals surface area contributed by atoms with Crippen LogP contribution < -0.4 is 0 Å². The Labute approximate surface area is 73.2 Å². The number of halogens is 1. The summed E-state index contributed by atoms with van der Waals surface area (Å²) in [5.74, 6) is 0.758. The van der Waals surface area contributed by atoms with Crippen molar-refractivity contribution in [2.24, 2.45) is 0 Å². The highest BCUT2D eigenvalue weighted by Gasteiger charge is 1.94. The highest BCUT2D eigenvalue weighted by atomic mass is 35.5. The van der Waals surface area contributed by atoms with Crippen molar-refractivity contribution >= 4 is 11.6 Å². The lowest BCUT2D eigenvalue weighted by Gasteiger charge is -2.02. The maximum Gasteiger partial charge on any atom is 0.0226 e. The van der Waals surface area contributed by atoms with E-state index in [-0.39, 0.29) is 0 Å². The number of hydrogen-bond acceptors (Lipinski definition) is 0. The van der Waals surface area contributed by atoms with Crippen LogP contribution in [0.25, 0.3) is 0 Å². The molecule has 0 fully saturated rings. The summed E-state index contributed by atoms with van der Waals surface area (Å²) in [6, 6.07) is 8.46. The minimum atomic E-state index is 0.758. The maximum absolute atomic E-state index is 5.60. The minimum absolute atomic E-state index is 0.758. The lowest BCUT2D eigenvalue weighted by molar-refractivity contribution is 0.919. The molecule has 1 rings (SSSR count). The molecule has 1 heteroatoms. The normalized spacial score (nSPS) is 10.0. The number of rotatable bonds is 3. The molecule has 0 unspecified atom stereocenters. The zero-order valence-corrected chi connectivity index (χ0v) is 7.56. The summed E-state index contributed by atoms with van der Waals surface area (Å²) < 4.78 is 0. The topological polar surface area (TPSA) is 0 Å². The van der Waals surface area contributed by atoms with Gasteiger partial charge in [0, 0.05) is 5.88 Å². The fraction of sp³-hybridized carbons (Fsp3) is 0.400. The van der Waals surface area contributed by atoms with Crippen molar-refractivity contribution in [3.63, 3.8) is 0 Å². The molecule has 0 aliphatic carbocycles. The summed E-state index contributed by atoms with van der Waals surface area (Å²) in [6.45, 7) is 2.14. The van der Waals surface area contributed by atoms with Crippen LogP contribution in [0.15, 0.2) is 24.3 Å². The fourth-order valence-corrected chi connectivity index (χ4v) is 1.28. The molecule has 0 heterocycles. The Hall–Kier alpha value is -0.490. The summed E-state index contributed by atoms with van der Waals surface area (Å²) in [5.41, 5.74) is 2.80. The molecular formula is C10H13Cl. The van der Waals surface area contributed by atoms with E-state index in [2.05, 4.69) is 31.2 Å². The van der Waals surface area contributed by atoms with Crippen LogP contribution in [0.2, 0.25) is 0 Å². The highest BCUT2D eigenvalue weighted by molar-refractivity contribution is 6.17. The molecule has 0 saturated heterocycles. The third kappa shape index (κ3) is 2.55. The van der Waals surface area contributed by atoms with E-state index >= 15 is 0 Å². The van der Waals surface area contributed by atoms with Gasteiger partial charge in [0.25, 0.3) is 0 Å². The van der Waals surface area contributed by atoms with Crippen molar-refractivity contribution in [1.29, 1.82) is 0 Å². The predicted octanol–water partition coefficient (Wildman–Crippen LogP) is 3.17. The Morgan fingerprint density at radius 3 is 2.64 bits per heavy atom. The van der Waals surface area contributed by atoms with E-state index in [9.17, 15) is 0 Å². The largest absolute Gasteiger partial charge is 0.127 e. The Morgan fingerprint density at radius 2 is 2.00 bits per heavy atom. The van der Waals surface area contributed by atoms with E-state index in [4.69, 9.17) is 11.6 Å². The van der Waals surface area contributed by atoms with Gasteiger partial charge in [0.15, 0.2) is 0 Å². The van der Waals surface area contributed by atoms with Crippen LogP contribution >= 0.6 is 11.6 Å². The van der Waals surface area contributed by atoms with Gasteiger partial charge in [0.1, 0.15) is 0 Å². The molecule has 0 aliphatic rings. The summed E-state index contributed by atoms with van der Waals surface area (Å²) in [5, 5.41) is 0. The summed E-state index contributed by atoms with van der Waals surface area (Å²) in [6.07, 6.45) is 2.18. The van der Waals surface area contributed by atoms with Crippen molar-refractivity contribution in [2.75, 3.05) is 5.88 Å². The van der Waals surface area contributed by atoms with Crippen molar-refractivity contribution in [3.05, 3.63) is 35.4 Å². The highest BCUT2D eigenvalue weighted by Crippen LogP contribution is 2.09. The van der Waals surface area contributed by atoms with Crippen LogP contribution in [0.5, 0.6) is 0 Å². The molecule has 1 aromatic carbocycles. The summed E-state index contributed by atoms with van der Waals surface area (Å²) >= 11 is 5.60. The monoisotopic (exact) mass is 168 g/mol. The fourth-order valence-electron chi connectivity index (χ4n) is 1.15. The molecule has 0 N–H and O–H groups in total. The molecule has 0 amide bonds. The predicted molar refractivity (Wildman–Crippen MR) is 50.2 cm³/mol. The first-order valence-corrected chi connectivity index (χ1v) is 4.48. The van der Waals surface area contributed by atoms with Crippen LogP contribution in [-0.2, 0) is 6.42 Å². The number of aryl methyl sites for hydroxylation is 2. The van der Waals surface area contributed by atoms with Gasteiger partial charge >= 0.3 is 0 Å². The minimum Gasteiger partial charge on any atom is -0.127 e. The molecule has 0 aromatic heterocycles. The maximum atomic E-state index is 5.60. The lowest BCUT2D eigenvalue weighted by atomic mass is 10.1. The van der Waals surface area contributed by atoms with Crippen LogP contribution in [-0.4, -0.2) is 5.88 Å². The first-order valence-electron chi connectivity index (χ1n) is 3.95. The van der Waals surface area contributed by atoms with Gasteiger partial charge in [-0.3, -0.25) is 0 Å². The Bertz CT molecular complexity index is 218. The average Bonchev–Trinajstić information content (AvgIpc) is 2.03. The first kappa shape index (κ1) is 8.61. The van der Waals surface area contributed by atoms with Crippen LogP contribution in [0.3, 0.4) is 0 Å². The second-order valence-corrected chi connectivity index (χ2v) is 3.10. The summed E-state index contributed by atoms with van der Waals surface area (Å²) in [4.78, 5) is 0. The van der Waals surface area contributed by atoms with Crippen LogP contribution in [0.4, 0.5) is 0 Å². The molecule has 11 heavy (non-hydrogen) atoms. The van der Waals surface area contributed by atoms with E-state index in [0.29, 0.717) is 0 Å². The van der Waals surface area contributed by atoms with Gasteiger partial charge in [-0.1, -0.05) is 24.3 Å². The van der Waals surface area contributed by atoms with E-state index in [1.165, 1.54) is 11.1 Å². The van der Waals surface area contributed by atoms with Crippen LogP contribution in [0, 0.1) is 6.92 Å². The zero-order chi connectivity index (χ0) is 8.10. The zero-order valence-electron chi connectivity index (χ0n) is 6.81.